The van der Waals surface area contributed by atoms with Crippen molar-refractivity contribution in [2.45, 2.75) is 61.7 Å². The van der Waals surface area contributed by atoms with E-state index in [0.29, 0.717) is 43.9 Å². The molecular formula is C30H36N6O5S. The van der Waals surface area contributed by atoms with E-state index in [2.05, 4.69) is 20.9 Å². The van der Waals surface area contributed by atoms with Crippen LogP contribution in [-0.2, 0) is 21.1 Å². The quantitative estimate of drug-likeness (QED) is 0.289. The number of carbonyl (C=O) groups excluding carboxylic acids is 3. The van der Waals surface area contributed by atoms with Gasteiger partial charge in [-0.3, -0.25) is 14.4 Å². The van der Waals surface area contributed by atoms with Crippen LogP contribution in [0.3, 0.4) is 0 Å². The lowest BCUT2D eigenvalue weighted by molar-refractivity contribution is -0.139. The van der Waals surface area contributed by atoms with Gasteiger partial charge >= 0.3 is 0 Å². The first kappa shape index (κ1) is 28.5. The molecule has 4 heterocycles. The second-order valence-corrected chi connectivity index (χ2v) is 13.3. The first-order chi connectivity index (χ1) is 20.3. The summed E-state index contributed by atoms with van der Waals surface area (Å²) < 4.78 is 5.94. The first-order valence-corrected chi connectivity index (χ1v) is 15.3. The number of ether oxygens (including phenoxy) is 1. The molecule has 12 heteroatoms. The number of hydrogen-bond acceptors (Lipinski definition) is 8. The first-order valence-electron chi connectivity index (χ1n) is 14.5. The molecule has 1 aromatic heterocycles. The minimum absolute atomic E-state index is 0.00672. The van der Waals surface area contributed by atoms with Crippen molar-refractivity contribution >= 4 is 46.2 Å². The fraction of sp³-hybridized carbons (Fsp3) is 0.500. The second-order valence-electron chi connectivity index (χ2n) is 11.4. The molecule has 3 amide bonds. The summed E-state index contributed by atoms with van der Waals surface area (Å²) >= 11 is 1.63. The van der Waals surface area contributed by atoms with Gasteiger partial charge in [-0.2, -0.15) is 0 Å². The van der Waals surface area contributed by atoms with Crippen LogP contribution < -0.4 is 15.4 Å². The number of para-hydroxylation sites is 1. The zero-order chi connectivity index (χ0) is 29.5. The van der Waals surface area contributed by atoms with Gasteiger partial charge in [0, 0.05) is 23.6 Å². The number of thioether (sulfide) groups is 1. The molecule has 0 saturated carbocycles. The van der Waals surface area contributed by atoms with Crippen LogP contribution in [0, 0.1) is 11.8 Å². The number of fused-ring (bicyclic) bond motifs is 2. The van der Waals surface area contributed by atoms with Gasteiger partial charge in [0.2, 0.25) is 17.7 Å². The van der Waals surface area contributed by atoms with Crippen LogP contribution in [0.2, 0.25) is 0 Å². The van der Waals surface area contributed by atoms with Crippen LogP contribution in [0.15, 0.2) is 48.5 Å². The third kappa shape index (κ3) is 4.70. The summed E-state index contributed by atoms with van der Waals surface area (Å²) in [4.78, 5) is 43.7. The summed E-state index contributed by atoms with van der Waals surface area (Å²) in [7, 11) is 0. The molecule has 0 radical (unpaired) electrons. The van der Waals surface area contributed by atoms with Gasteiger partial charge in [-0.1, -0.05) is 17.3 Å². The van der Waals surface area contributed by atoms with Gasteiger partial charge in [0.15, 0.2) is 0 Å². The van der Waals surface area contributed by atoms with Crippen molar-refractivity contribution in [3.8, 4) is 5.75 Å². The molecule has 3 aliphatic heterocycles. The highest BCUT2D eigenvalue weighted by Gasteiger charge is 2.77. The smallest absolute Gasteiger partial charge is 0.245 e. The average Bonchev–Trinajstić information content (AvgIpc) is 3.69. The average molecular weight is 593 g/mol. The molecule has 3 N–H and O–H groups in total. The predicted molar refractivity (Wildman–Crippen MR) is 159 cm³/mol. The summed E-state index contributed by atoms with van der Waals surface area (Å²) in [5.41, 5.74) is 2.16. The highest BCUT2D eigenvalue weighted by molar-refractivity contribution is 8.02. The summed E-state index contributed by atoms with van der Waals surface area (Å²) in [6, 6.07) is 14.0. The Morgan fingerprint density at radius 3 is 2.67 bits per heavy atom. The van der Waals surface area contributed by atoms with Crippen molar-refractivity contribution in [1.82, 2.24) is 25.2 Å². The topological polar surface area (TPSA) is 139 Å². The lowest BCUT2D eigenvalue weighted by atomic mass is 9.66. The van der Waals surface area contributed by atoms with Crippen LogP contribution >= 0.6 is 11.8 Å². The highest BCUT2D eigenvalue weighted by atomic mass is 32.2. The minimum Gasteiger partial charge on any atom is -0.494 e. The summed E-state index contributed by atoms with van der Waals surface area (Å²) in [6.45, 7) is 4.97. The number of aromatic nitrogens is 3. The fourth-order valence-electron chi connectivity index (χ4n) is 7.07. The fourth-order valence-corrected chi connectivity index (χ4v) is 9.42. The lowest BCUT2D eigenvalue weighted by Crippen LogP contribution is -2.54. The number of nitrogens with one attached hydrogen (secondary N) is 2. The predicted octanol–water partition coefficient (Wildman–Crippen LogP) is 2.80. The molecule has 6 rings (SSSR count). The Labute approximate surface area is 248 Å². The standard InChI is InChI=1S/C30H36N6O5S/c1-3-41-20-12-10-19(11-13-20)32-26(38)23-24-28(40)35(16-6-7-17-37)25(30(24)15-14-29(23,2)42-30)27(39)31-18-36-22-9-5-4-8-21(22)33-34-36/h4-5,8-13,23-25,37H,3,6-7,14-18H2,1-2H3,(H,31,39)(H,32,38)/t23-,24+,25?,29+,30?/m1/s1. The molecule has 2 aromatic carbocycles. The van der Waals surface area contributed by atoms with Crippen LogP contribution in [0.4, 0.5) is 5.69 Å². The van der Waals surface area contributed by atoms with Crippen molar-refractivity contribution in [2.24, 2.45) is 11.8 Å². The molecule has 3 aliphatic rings. The molecule has 3 saturated heterocycles. The van der Waals surface area contributed by atoms with E-state index in [-0.39, 0.29) is 31.0 Å². The van der Waals surface area contributed by atoms with E-state index in [1.54, 1.807) is 45.6 Å². The van der Waals surface area contributed by atoms with Crippen molar-refractivity contribution in [1.29, 1.82) is 0 Å². The molecule has 42 heavy (non-hydrogen) atoms. The molecule has 11 nitrogen and oxygen atoms in total. The third-order valence-electron chi connectivity index (χ3n) is 8.87. The SMILES string of the molecule is CCOc1ccc(NC(=O)[C@H]2[C@H]3C(=O)N(CCCCO)C(C(=O)NCn4nnc5ccccc54)C34CC[C@]2(C)S4)cc1. The molecule has 2 unspecified atom stereocenters. The van der Waals surface area contributed by atoms with Crippen molar-refractivity contribution in [3.63, 3.8) is 0 Å². The van der Waals surface area contributed by atoms with Gasteiger partial charge in [-0.15, -0.1) is 16.9 Å². The van der Waals surface area contributed by atoms with E-state index in [1.165, 1.54) is 0 Å². The number of anilines is 1. The van der Waals surface area contributed by atoms with E-state index >= 15 is 0 Å². The Bertz CT molecular complexity index is 1500. The van der Waals surface area contributed by atoms with Gasteiger partial charge in [0.25, 0.3) is 0 Å². The molecular weight excluding hydrogens is 556 g/mol. The summed E-state index contributed by atoms with van der Waals surface area (Å²) in [5, 5.41) is 23.8. The van der Waals surface area contributed by atoms with Gasteiger partial charge in [0.1, 0.15) is 24.0 Å². The molecule has 1 spiro atoms. The van der Waals surface area contributed by atoms with Gasteiger partial charge in [0.05, 0.1) is 28.7 Å². The number of unbranched alkanes of at least 4 members (excludes halogenated alkanes) is 1. The summed E-state index contributed by atoms with van der Waals surface area (Å²) in [5.74, 6) is -1.14. The Morgan fingerprint density at radius 2 is 1.90 bits per heavy atom. The normalized spacial score (nSPS) is 27.8. The Balaban J connectivity index is 1.27. The Morgan fingerprint density at radius 1 is 1.12 bits per heavy atom. The van der Waals surface area contributed by atoms with E-state index in [4.69, 9.17) is 4.74 Å². The molecule has 0 aliphatic carbocycles. The van der Waals surface area contributed by atoms with Crippen LogP contribution in [-0.4, -0.2) is 78.0 Å². The van der Waals surface area contributed by atoms with Crippen molar-refractivity contribution < 1.29 is 24.2 Å². The molecule has 2 bridgehead atoms. The second kappa shape index (κ2) is 11.2. The lowest BCUT2D eigenvalue weighted by Gasteiger charge is -2.34. The van der Waals surface area contributed by atoms with Crippen molar-refractivity contribution in [3.05, 3.63) is 48.5 Å². The zero-order valence-corrected chi connectivity index (χ0v) is 24.6. The maximum atomic E-state index is 14.2. The van der Waals surface area contributed by atoms with E-state index in [1.807, 2.05) is 38.1 Å². The van der Waals surface area contributed by atoms with Gasteiger partial charge in [-0.05, 0) is 75.9 Å². The number of aliphatic hydroxyl groups is 1. The number of amides is 3. The van der Waals surface area contributed by atoms with Gasteiger partial charge < -0.3 is 25.4 Å². The Hall–Kier alpha value is -3.64. The number of carbonyl (C=O) groups is 3. The number of rotatable bonds is 11. The molecule has 5 atom stereocenters. The van der Waals surface area contributed by atoms with E-state index < -0.39 is 27.4 Å². The van der Waals surface area contributed by atoms with Gasteiger partial charge in [-0.25, -0.2) is 4.68 Å². The zero-order valence-electron chi connectivity index (χ0n) is 23.8. The number of hydrogen-bond donors (Lipinski definition) is 3. The van der Waals surface area contributed by atoms with E-state index in [9.17, 15) is 19.5 Å². The number of aliphatic hydroxyl groups excluding tert-OH is 1. The van der Waals surface area contributed by atoms with Crippen LogP contribution in [0.25, 0.3) is 11.0 Å². The molecule has 3 fully saturated rings. The van der Waals surface area contributed by atoms with Crippen molar-refractivity contribution in [2.75, 3.05) is 25.1 Å². The number of benzene rings is 2. The van der Waals surface area contributed by atoms with Crippen LogP contribution in [0.5, 0.6) is 5.75 Å². The van der Waals surface area contributed by atoms with Crippen LogP contribution in [0.1, 0.15) is 39.5 Å². The third-order valence-corrected chi connectivity index (χ3v) is 10.9. The summed E-state index contributed by atoms with van der Waals surface area (Å²) in [6.07, 6.45) is 2.48. The maximum Gasteiger partial charge on any atom is 0.245 e. The largest absolute Gasteiger partial charge is 0.494 e. The highest BCUT2D eigenvalue weighted by Crippen LogP contribution is 2.71. The minimum atomic E-state index is -0.737. The maximum absolute atomic E-state index is 14.2. The monoisotopic (exact) mass is 592 g/mol. The molecule has 3 aromatic rings. The number of likely N-dealkylation sites (tertiary alicyclic amines) is 1. The van der Waals surface area contributed by atoms with E-state index in [0.717, 1.165) is 17.5 Å². The number of nitrogens with zero attached hydrogens (tertiary/aromatic N) is 4. The Kier molecular flexibility index (Phi) is 7.61. The molecule has 222 valence electrons.